The molecule has 4 nitrogen and oxygen atoms in total. The third kappa shape index (κ3) is 3.71. The van der Waals surface area contributed by atoms with E-state index in [4.69, 9.17) is 5.11 Å². The zero-order chi connectivity index (χ0) is 17.2. The number of carboxylic acid groups (broad SMARTS) is 1. The molecule has 2 aliphatic heterocycles. The second kappa shape index (κ2) is 8.11. The summed E-state index contributed by atoms with van der Waals surface area (Å²) in [4.78, 5) is 15.8. The number of benzene rings is 2. The Bertz CT molecular complexity index is 780. The lowest BCUT2D eigenvalue weighted by molar-refractivity contribution is -0.137. The van der Waals surface area contributed by atoms with Crippen molar-refractivity contribution in [3.05, 3.63) is 65.2 Å². The van der Waals surface area contributed by atoms with Crippen LogP contribution >= 0.6 is 12.4 Å². The normalized spacial score (nSPS) is 18.8. The fraction of sp³-hybridized carbons (Fsp3) is 0.381. The van der Waals surface area contributed by atoms with E-state index in [0.29, 0.717) is 6.04 Å². The van der Waals surface area contributed by atoms with Crippen LogP contribution in [0.5, 0.6) is 0 Å². The summed E-state index contributed by atoms with van der Waals surface area (Å²) in [5.74, 6) is -0.702. The molecule has 2 aromatic rings. The second-order valence-corrected chi connectivity index (χ2v) is 7.01. The van der Waals surface area contributed by atoms with E-state index in [0.717, 1.165) is 39.0 Å². The molecule has 26 heavy (non-hydrogen) atoms. The number of aliphatic carboxylic acids is 1. The van der Waals surface area contributed by atoms with Gasteiger partial charge in [0.25, 0.3) is 0 Å². The predicted octanol–water partition coefficient (Wildman–Crippen LogP) is 3.74. The number of carbonyl (C=O) groups is 1. The minimum Gasteiger partial charge on any atom is -0.481 e. The molecule has 0 radical (unpaired) electrons. The van der Waals surface area contributed by atoms with E-state index in [1.165, 1.54) is 22.4 Å². The Balaban J connectivity index is 0.00000196. The molecule has 2 aromatic carbocycles. The van der Waals surface area contributed by atoms with Gasteiger partial charge in [-0.1, -0.05) is 42.5 Å². The molecule has 0 aliphatic carbocycles. The van der Waals surface area contributed by atoms with Gasteiger partial charge in [0.2, 0.25) is 0 Å². The first-order chi connectivity index (χ1) is 12.2. The highest BCUT2D eigenvalue weighted by Crippen LogP contribution is 2.39. The maximum atomic E-state index is 10.8. The zero-order valence-electron chi connectivity index (χ0n) is 14.8. The number of halogens is 1. The first kappa shape index (κ1) is 18.7. The molecule has 0 unspecified atom stereocenters. The molecule has 1 fully saturated rings. The van der Waals surface area contributed by atoms with Crippen molar-refractivity contribution in [2.75, 3.05) is 31.1 Å². The Kier molecular flexibility index (Phi) is 5.84. The molecule has 138 valence electrons. The van der Waals surface area contributed by atoms with E-state index in [1.807, 2.05) is 0 Å². The van der Waals surface area contributed by atoms with Crippen LogP contribution in [0.15, 0.2) is 48.5 Å². The Morgan fingerprint density at radius 1 is 1.04 bits per heavy atom. The standard InChI is InChI=1S/C21H24N2O2.ClH/c24-21(25)10-5-11-22-12-13-23-19-9-4-2-7-17(19)14-16-6-1-3-8-18(16)20(23)15-22;/h1-4,6-9,20H,5,10-15H2,(H,24,25);1H/t20-;/m0./s1. The highest BCUT2D eigenvalue weighted by Gasteiger charge is 2.32. The van der Waals surface area contributed by atoms with Crippen LogP contribution in [0.3, 0.4) is 0 Å². The average Bonchev–Trinajstić information content (AvgIpc) is 2.76. The summed E-state index contributed by atoms with van der Waals surface area (Å²) in [5, 5.41) is 8.88. The molecule has 0 aromatic heterocycles. The van der Waals surface area contributed by atoms with E-state index >= 15 is 0 Å². The van der Waals surface area contributed by atoms with Crippen molar-refractivity contribution in [1.29, 1.82) is 0 Å². The Morgan fingerprint density at radius 3 is 2.58 bits per heavy atom. The molecule has 2 heterocycles. The minimum atomic E-state index is -0.702. The van der Waals surface area contributed by atoms with Crippen LogP contribution < -0.4 is 4.90 Å². The zero-order valence-corrected chi connectivity index (χ0v) is 15.6. The van der Waals surface area contributed by atoms with Gasteiger partial charge in [-0.2, -0.15) is 0 Å². The van der Waals surface area contributed by atoms with Crippen LogP contribution in [0.1, 0.15) is 35.6 Å². The van der Waals surface area contributed by atoms with Gasteiger partial charge in [0.05, 0.1) is 6.04 Å². The van der Waals surface area contributed by atoms with Crippen molar-refractivity contribution in [2.45, 2.75) is 25.3 Å². The third-order valence-corrected chi connectivity index (χ3v) is 5.43. The van der Waals surface area contributed by atoms with Crippen LogP contribution in [-0.4, -0.2) is 42.2 Å². The largest absolute Gasteiger partial charge is 0.481 e. The number of rotatable bonds is 4. The summed E-state index contributed by atoms with van der Waals surface area (Å²) in [6.07, 6.45) is 1.96. The molecule has 2 aliphatic rings. The minimum absolute atomic E-state index is 0. The van der Waals surface area contributed by atoms with E-state index in [1.54, 1.807) is 0 Å². The van der Waals surface area contributed by atoms with Gasteiger partial charge in [0.1, 0.15) is 0 Å². The second-order valence-electron chi connectivity index (χ2n) is 7.01. The molecule has 0 bridgehead atoms. The summed E-state index contributed by atoms with van der Waals surface area (Å²) in [5.41, 5.74) is 5.59. The Hall–Kier alpha value is -2.04. The van der Waals surface area contributed by atoms with Gasteiger partial charge in [-0.15, -0.1) is 12.4 Å². The maximum absolute atomic E-state index is 10.8. The number of fused-ring (bicyclic) bond motifs is 5. The lowest BCUT2D eigenvalue weighted by atomic mass is 9.96. The van der Waals surface area contributed by atoms with Crippen LogP contribution in [0.25, 0.3) is 0 Å². The number of piperazine rings is 1. The maximum Gasteiger partial charge on any atom is 0.303 e. The van der Waals surface area contributed by atoms with Crippen molar-refractivity contribution in [2.24, 2.45) is 0 Å². The summed E-state index contributed by atoms with van der Waals surface area (Å²) in [7, 11) is 0. The first-order valence-electron chi connectivity index (χ1n) is 9.09. The summed E-state index contributed by atoms with van der Waals surface area (Å²) in [6, 6.07) is 17.9. The van der Waals surface area contributed by atoms with Gasteiger partial charge in [0, 0.05) is 31.7 Å². The Morgan fingerprint density at radius 2 is 1.77 bits per heavy atom. The molecular formula is C21H25ClN2O2. The molecule has 1 saturated heterocycles. The van der Waals surface area contributed by atoms with E-state index in [-0.39, 0.29) is 18.8 Å². The van der Waals surface area contributed by atoms with Gasteiger partial charge in [-0.25, -0.2) is 0 Å². The molecule has 0 spiro atoms. The number of anilines is 1. The number of para-hydroxylation sites is 1. The summed E-state index contributed by atoms with van der Waals surface area (Å²) in [6.45, 7) is 3.81. The average molecular weight is 373 g/mol. The third-order valence-electron chi connectivity index (χ3n) is 5.43. The molecule has 1 atom stereocenters. The van der Waals surface area contributed by atoms with Crippen LogP contribution in [0.4, 0.5) is 5.69 Å². The number of nitrogens with zero attached hydrogens (tertiary/aromatic N) is 2. The van der Waals surface area contributed by atoms with Crippen molar-refractivity contribution in [1.82, 2.24) is 4.90 Å². The molecule has 1 N–H and O–H groups in total. The van der Waals surface area contributed by atoms with E-state index in [2.05, 4.69) is 58.3 Å². The van der Waals surface area contributed by atoms with Crippen molar-refractivity contribution in [3.8, 4) is 0 Å². The van der Waals surface area contributed by atoms with Gasteiger partial charge in [-0.3, -0.25) is 9.69 Å². The molecule has 0 saturated carbocycles. The highest BCUT2D eigenvalue weighted by molar-refractivity contribution is 5.85. The van der Waals surface area contributed by atoms with Crippen molar-refractivity contribution in [3.63, 3.8) is 0 Å². The van der Waals surface area contributed by atoms with Gasteiger partial charge < -0.3 is 10.0 Å². The quantitative estimate of drug-likeness (QED) is 0.887. The number of hydrogen-bond acceptors (Lipinski definition) is 3. The summed E-state index contributed by atoms with van der Waals surface area (Å²) < 4.78 is 0. The van der Waals surface area contributed by atoms with Crippen molar-refractivity contribution < 1.29 is 9.90 Å². The predicted molar refractivity (Wildman–Crippen MR) is 106 cm³/mol. The fourth-order valence-electron chi connectivity index (χ4n) is 4.22. The highest BCUT2D eigenvalue weighted by atomic mass is 35.5. The van der Waals surface area contributed by atoms with E-state index in [9.17, 15) is 4.79 Å². The summed E-state index contributed by atoms with van der Waals surface area (Å²) >= 11 is 0. The molecule has 5 heteroatoms. The fourth-order valence-corrected chi connectivity index (χ4v) is 4.22. The van der Waals surface area contributed by atoms with Crippen molar-refractivity contribution >= 4 is 24.1 Å². The number of hydrogen-bond donors (Lipinski definition) is 1. The SMILES string of the molecule is Cl.O=C(O)CCCN1CCN2c3ccccc3Cc3ccccc3[C@@H]2C1. The van der Waals surface area contributed by atoms with Gasteiger partial charge in [0.15, 0.2) is 0 Å². The lowest BCUT2D eigenvalue weighted by Crippen LogP contribution is -2.48. The molecule has 0 amide bonds. The van der Waals surface area contributed by atoms with Crippen LogP contribution in [-0.2, 0) is 11.2 Å². The monoisotopic (exact) mass is 372 g/mol. The topological polar surface area (TPSA) is 43.8 Å². The molecule has 4 rings (SSSR count). The van der Waals surface area contributed by atoms with Gasteiger partial charge >= 0.3 is 5.97 Å². The van der Waals surface area contributed by atoms with Gasteiger partial charge in [-0.05, 0) is 42.1 Å². The molecular weight excluding hydrogens is 348 g/mol. The smallest absolute Gasteiger partial charge is 0.303 e. The van der Waals surface area contributed by atoms with Crippen LogP contribution in [0, 0.1) is 0 Å². The Labute approximate surface area is 160 Å². The van der Waals surface area contributed by atoms with Crippen LogP contribution in [0.2, 0.25) is 0 Å². The van der Waals surface area contributed by atoms with E-state index < -0.39 is 5.97 Å². The lowest BCUT2D eigenvalue weighted by Gasteiger charge is -2.43. The first-order valence-corrected chi connectivity index (χ1v) is 9.09. The number of carboxylic acids is 1.